The molecule has 106 valence electrons. The van der Waals surface area contributed by atoms with Gasteiger partial charge in [-0.25, -0.2) is 4.79 Å². The van der Waals surface area contributed by atoms with E-state index in [4.69, 9.17) is 14.6 Å². The summed E-state index contributed by atoms with van der Waals surface area (Å²) in [4.78, 5) is 11.7. The Hall–Kier alpha value is -1.31. The van der Waals surface area contributed by atoms with Crippen molar-refractivity contribution in [3.8, 4) is 5.75 Å². The van der Waals surface area contributed by atoms with Crippen LogP contribution in [0.15, 0.2) is 16.6 Å². The van der Waals surface area contributed by atoms with Gasteiger partial charge in [0.15, 0.2) is 0 Å². The van der Waals surface area contributed by atoms with Crippen LogP contribution in [0.4, 0.5) is 5.69 Å². The third-order valence-corrected chi connectivity index (χ3v) is 3.06. The predicted molar refractivity (Wildman–Crippen MR) is 73.6 cm³/mol. The molecule has 0 aliphatic heterocycles. The Morgan fingerprint density at radius 2 is 2.16 bits per heavy atom. The van der Waals surface area contributed by atoms with E-state index in [1.165, 1.54) is 20.3 Å². The monoisotopic (exact) mass is 333 g/mol. The fraction of sp³-hybridized carbons (Fsp3) is 0.417. The number of anilines is 1. The van der Waals surface area contributed by atoms with Crippen molar-refractivity contribution in [2.45, 2.75) is 6.10 Å². The summed E-state index contributed by atoms with van der Waals surface area (Å²) < 4.78 is 10.4. The highest BCUT2D eigenvalue weighted by atomic mass is 79.9. The highest BCUT2D eigenvalue weighted by molar-refractivity contribution is 9.10. The molecule has 0 fully saturated rings. The van der Waals surface area contributed by atoms with E-state index in [0.717, 1.165) is 0 Å². The predicted octanol–water partition coefficient (Wildman–Crippen LogP) is 1.01. The Bertz CT molecular complexity index is 452. The number of carbonyl (C=O) groups excluding carboxylic acids is 1. The fourth-order valence-corrected chi connectivity index (χ4v) is 2.01. The zero-order valence-electron chi connectivity index (χ0n) is 10.6. The van der Waals surface area contributed by atoms with Crippen LogP contribution in [0.3, 0.4) is 0 Å². The van der Waals surface area contributed by atoms with Crippen molar-refractivity contribution in [1.82, 2.24) is 0 Å². The number of rotatable bonds is 6. The summed E-state index contributed by atoms with van der Waals surface area (Å²) in [6, 6.07) is 3.21. The number of esters is 1. The molecule has 1 unspecified atom stereocenters. The number of nitrogens with one attached hydrogen (secondary N) is 1. The van der Waals surface area contributed by atoms with E-state index in [-0.39, 0.29) is 18.7 Å². The summed E-state index contributed by atoms with van der Waals surface area (Å²) in [5.74, 6) is -0.0267. The van der Waals surface area contributed by atoms with Crippen LogP contribution in [0.5, 0.6) is 5.75 Å². The minimum atomic E-state index is -0.917. The molecule has 3 N–H and O–H groups in total. The summed E-state index contributed by atoms with van der Waals surface area (Å²) in [7, 11) is 2.77. The van der Waals surface area contributed by atoms with E-state index in [1.807, 2.05) is 0 Å². The Morgan fingerprint density at radius 3 is 2.68 bits per heavy atom. The maximum atomic E-state index is 11.7. The lowest BCUT2D eigenvalue weighted by Gasteiger charge is -2.16. The highest BCUT2D eigenvalue weighted by Gasteiger charge is 2.17. The smallest absolute Gasteiger partial charge is 0.340 e. The van der Waals surface area contributed by atoms with Crippen LogP contribution < -0.4 is 10.1 Å². The van der Waals surface area contributed by atoms with E-state index in [1.54, 1.807) is 6.07 Å². The quantitative estimate of drug-likeness (QED) is 0.673. The molecule has 6 nitrogen and oxygen atoms in total. The Balaban J connectivity index is 3.09. The van der Waals surface area contributed by atoms with Gasteiger partial charge in [-0.15, -0.1) is 0 Å². The number of hydrogen-bond donors (Lipinski definition) is 3. The van der Waals surface area contributed by atoms with Gasteiger partial charge in [-0.05, 0) is 28.1 Å². The molecular weight excluding hydrogens is 318 g/mol. The van der Waals surface area contributed by atoms with E-state index in [9.17, 15) is 9.90 Å². The number of aliphatic hydroxyl groups excluding tert-OH is 2. The number of methoxy groups -OCH3 is 2. The number of halogens is 1. The second-order valence-electron chi connectivity index (χ2n) is 3.74. The van der Waals surface area contributed by atoms with Crippen molar-refractivity contribution >= 4 is 27.6 Å². The van der Waals surface area contributed by atoms with Gasteiger partial charge >= 0.3 is 5.97 Å². The zero-order chi connectivity index (χ0) is 14.4. The average molecular weight is 334 g/mol. The van der Waals surface area contributed by atoms with Gasteiger partial charge < -0.3 is 25.0 Å². The van der Waals surface area contributed by atoms with Crippen LogP contribution in [0.25, 0.3) is 0 Å². The van der Waals surface area contributed by atoms with E-state index in [2.05, 4.69) is 21.2 Å². The average Bonchev–Trinajstić information content (AvgIpc) is 2.43. The second kappa shape index (κ2) is 7.32. The highest BCUT2D eigenvalue weighted by Crippen LogP contribution is 2.32. The number of benzene rings is 1. The summed E-state index contributed by atoms with van der Waals surface area (Å²) in [5.41, 5.74) is 0.749. The van der Waals surface area contributed by atoms with E-state index >= 15 is 0 Å². The lowest BCUT2D eigenvalue weighted by atomic mass is 10.1. The summed E-state index contributed by atoms with van der Waals surface area (Å²) >= 11 is 3.31. The standard InChI is InChI=1S/C12H16BrNO5/c1-18-8-3-9(12(17)19-2)11(10(13)4-8)14-5-7(16)6-15/h3-4,7,14-16H,5-6H2,1-2H3. The lowest BCUT2D eigenvalue weighted by Crippen LogP contribution is -2.24. The SMILES string of the molecule is COC(=O)c1cc(OC)cc(Br)c1NCC(O)CO. The van der Waals surface area contributed by atoms with Gasteiger partial charge in [0.2, 0.25) is 0 Å². The van der Waals surface area contributed by atoms with Crippen LogP contribution in [-0.4, -0.2) is 49.7 Å². The summed E-state index contributed by atoms with van der Waals surface area (Å²) in [5, 5.41) is 21.0. The van der Waals surface area contributed by atoms with Gasteiger partial charge in [0.25, 0.3) is 0 Å². The first-order valence-electron chi connectivity index (χ1n) is 5.52. The number of hydrogen-bond acceptors (Lipinski definition) is 6. The molecule has 0 saturated heterocycles. The number of carbonyl (C=O) groups is 1. The van der Waals surface area contributed by atoms with Gasteiger partial charge in [0, 0.05) is 11.0 Å². The molecule has 0 heterocycles. The van der Waals surface area contributed by atoms with Crippen LogP contribution >= 0.6 is 15.9 Å². The number of ether oxygens (including phenoxy) is 2. The number of aliphatic hydroxyl groups is 2. The molecule has 0 amide bonds. The van der Waals surface area contributed by atoms with Crippen LogP contribution in [0.2, 0.25) is 0 Å². The van der Waals surface area contributed by atoms with Gasteiger partial charge in [0.1, 0.15) is 5.75 Å². The molecule has 1 aromatic rings. The second-order valence-corrected chi connectivity index (χ2v) is 4.59. The minimum Gasteiger partial charge on any atom is -0.497 e. The van der Waals surface area contributed by atoms with Gasteiger partial charge in [-0.3, -0.25) is 0 Å². The molecule has 0 bridgehead atoms. The first-order valence-corrected chi connectivity index (χ1v) is 6.31. The van der Waals surface area contributed by atoms with E-state index in [0.29, 0.717) is 15.9 Å². The Labute approximate surface area is 119 Å². The molecule has 7 heteroatoms. The van der Waals surface area contributed by atoms with Crippen LogP contribution in [0.1, 0.15) is 10.4 Å². The topological polar surface area (TPSA) is 88.0 Å². The molecule has 0 radical (unpaired) electrons. The third-order valence-electron chi connectivity index (χ3n) is 2.43. The molecule has 0 aliphatic carbocycles. The van der Waals surface area contributed by atoms with Crippen LogP contribution in [0, 0.1) is 0 Å². The summed E-state index contributed by atoms with van der Waals surface area (Å²) in [6.07, 6.45) is -0.917. The Morgan fingerprint density at radius 1 is 1.47 bits per heavy atom. The van der Waals surface area contributed by atoms with Crippen LogP contribution in [-0.2, 0) is 4.74 Å². The molecule has 0 aromatic heterocycles. The molecule has 0 spiro atoms. The minimum absolute atomic E-state index is 0.103. The fourth-order valence-electron chi connectivity index (χ4n) is 1.43. The maximum Gasteiger partial charge on any atom is 0.340 e. The molecular formula is C12H16BrNO5. The summed E-state index contributed by atoms with van der Waals surface area (Å²) in [6.45, 7) is -0.264. The first-order chi connectivity index (χ1) is 9.03. The molecule has 0 aliphatic rings. The Kier molecular flexibility index (Phi) is 6.07. The normalized spacial score (nSPS) is 11.8. The van der Waals surface area contributed by atoms with Crippen molar-refractivity contribution in [2.24, 2.45) is 0 Å². The molecule has 1 aromatic carbocycles. The van der Waals surface area contributed by atoms with Crippen molar-refractivity contribution in [3.05, 3.63) is 22.2 Å². The van der Waals surface area contributed by atoms with Crippen molar-refractivity contribution in [2.75, 3.05) is 32.7 Å². The van der Waals surface area contributed by atoms with Gasteiger partial charge in [-0.1, -0.05) is 0 Å². The maximum absolute atomic E-state index is 11.7. The van der Waals surface area contributed by atoms with Crippen molar-refractivity contribution in [1.29, 1.82) is 0 Å². The molecule has 0 saturated carbocycles. The molecule has 19 heavy (non-hydrogen) atoms. The zero-order valence-corrected chi connectivity index (χ0v) is 12.2. The van der Waals surface area contributed by atoms with Gasteiger partial charge in [0.05, 0.1) is 38.2 Å². The molecule has 1 atom stereocenters. The third kappa shape index (κ3) is 4.09. The van der Waals surface area contributed by atoms with Crippen molar-refractivity contribution < 1.29 is 24.5 Å². The lowest BCUT2D eigenvalue weighted by molar-refractivity contribution is 0.0601. The largest absolute Gasteiger partial charge is 0.497 e. The van der Waals surface area contributed by atoms with Crippen molar-refractivity contribution in [3.63, 3.8) is 0 Å². The first kappa shape index (κ1) is 15.7. The molecule has 1 rings (SSSR count). The van der Waals surface area contributed by atoms with E-state index < -0.39 is 12.1 Å². The van der Waals surface area contributed by atoms with Gasteiger partial charge in [-0.2, -0.15) is 0 Å².